The van der Waals surface area contributed by atoms with Crippen LogP contribution in [0.4, 0.5) is 0 Å². The fourth-order valence-corrected chi connectivity index (χ4v) is 2.22. The maximum atomic E-state index is 10.7. The Morgan fingerprint density at radius 3 is 2.93 bits per heavy atom. The lowest BCUT2D eigenvalue weighted by molar-refractivity contribution is -0.137. The van der Waals surface area contributed by atoms with E-state index < -0.39 is 5.97 Å². The number of benzene rings is 1. The van der Waals surface area contributed by atoms with E-state index in [0.29, 0.717) is 0 Å². The fourth-order valence-electron chi connectivity index (χ4n) is 1.63. The molecule has 0 bridgehead atoms. The highest BCUT2D eigenvalue weighted by Crippen LogP contribution is 2.26. The zero-order valence-corrected chi connectivity index (χ0v) is 9.78. The second-order valence-corrected chi connectivity index (χ2v) is 4.37. The molecule has 1 aromatic heterocycles. The summed E-state index contributed by atoms with van der Waals surface area (Å²) >= 11 is 3.42. The van der Waals surface area contributed by atoms with Gasteiger partial charge in [0.05, 0.1) is 0 Å². The molecular formula is C11H10BrNO2. The Kier molecular flexibility index (Phi) is 2.52. The summed E-state index contributed by atoms with van der Waals surface area (Å²) in [4.78, 5) is 10.7. The van der Waals surface area contributed by atoms with Crippen LogP contribution in [0, 0.1) is 6.92 Å². The standard InChI is InChI=1S/C11H10BrNO2/c1-7-2-3-8-9(12)5-13(6-11(14)15)10(8)4-7/h2-5H,6H2,1H3,(H,14,15). The number of aryl methyl sites for hydroxylation is 1. The largest absolute Gasteiger partial charge is 0.480 e. The van der Waals surface area contributed by atoms with E-state index in [2.05, 4.69) is 15.9 Å². The number of carbonyl (C=O) groups is 1. The third-order valence-electron chi connectivity index (χ3n) is 2.29. The van der Waals surface area contributed by atoms with E-state index >= 15 is 0 Å². The summed E-state index contributed by atoms with van der Waals surface area (Å²) in [6.45, 7) is 1.98. The molecule has 0 saturated carbocycles. The van der Waals surface area contributed by atoms with Crippen molar-refractivity contribution in [3.8, 4) is 0 Å². The number of aromatic nitrogens is 1. The highest BCUT2D eigenvalue weighted by atomic mass is 79.9. The Balaban J connectivity index is 2.64. The first kappa shape index (κ1) is 10.2. The van der Waals surface area contributed by atoms with E-state index in [9.17, 15) is 4.79 Å². The lowest BCUT2D eigenvalue weighted by Gasteiger charge is -2.01. The van der Waals surface area contributed by atoms with Crippen molar-refractivity contribution in [3.05, 3.63) is 34.4 Å². The van der Waals surface area contributed by atoms with Crippen LogP contribution in [-0.4, -0.2) is 15.6 Å². The predicted octanol–water partition coefficient (Wildman–Crippen LogP) is 2.80. The molecule has 1 aromatic carbocycles. The highest BCUT2D eigenvalue weighted by Gasteiger charge is 2.08. The number of hydrogen-bond donors (Lipinski definition) is 1. The van der Waals surface area contributed by atoms with Crippen molar-refractivity contribution in [2.45, 2.75) is 13.5 Å². The second kappa shape index (κ2) is 3.70. The monoisotopic (exact) mass is 267 g/mol. The Morgan fingerprint density at radius 1 is 1.53 bits per heavy atom. The van der Waals surface area contributed by atoms with Crippen LogP contribution in [0.5, 0.6) is 0 Å². The number of fused-ring (bicyclic) bond motifs is 1. The van der Waals surface area contributed by atoms with E-state index in [1.807, 2.05) is 25.1 Å². The molecule has 78 valence electrons. The van der Waals surface area contributed by atoms with E-state index in [4.69, 9.17) is 5.11 Å². The van der Waals surface area contributed by atoms with Gasteiger partial charge in [0.15, 0.2) is 0 Å². The van der Waals surface area contributed by atoms with Gasteiger partial charge >= 0.3 is 5.97 Å². The van der Waals surface area contributed by atoms with Crippen LogP contribution in [0.25, 0.3) is 10.9 Å². The molecule has 0 radical (unpaired) electrons. The zero-order chi connectivity index (χ0) is 11.0. The molecular weight excluding hydrogens is 258 g/mol. The maximum Gasteiger partial charge on any atom is 0.323 e. The summed E-state index contributed by atoms with van der Waals surface area (Å²) in [5.74, 6) is -0.832. The Labute approximate surface area is 95.5 Å². The quantitative estimate of drug-likeness (QED) is 0.909. The van der Waals surface area contributed by atoms with Gasteiger partial charge in [-0.3, -0.25) is 4.79 Å². The first-order valence-electron chi connectivity index (χ1n) is 4.55. The average Bonchev–Trinajstić information content (AvgIpc) is 2.42. The topological polar surface area (TPSA) is 42.2 Å². The number of nitrogens with zero attached hydrogens (tertiary/aromatic N) is 1. The van der Waals surface area contributed by atoms with Crippen molar-refractivity contribution < 1.29 is 9.90 Å². The molecule has 1 N–H and O–H groups in total. The van der Waals surface area contributed by atoms with Crippen LogP contribution >= 0.6 is 15.9 Å². The molecule has 0 spiro atoms. The van der Waals surface area contributed by atoms with Gasteiger partial charge in [0.2, 0.25) is 0 Å². The molecule has 15 heavy (non-hydrogen) atoms. The molecule has 2 rings (SSSR count). The molecule has 0 aliphatic rings. The first-order chi connectivity index (χ1) is 7.08. The SMILES string of the molecule is Cc1ccc2c(Br)cn(CC(=O)O)c2c1. The van der Waals surface area contributed by atoms with Gasteiger partial charge in [0.25, 0.3) is 0 Å². The minimum Gasteiger partial charge on any atom is -0.480 e. The van der Waals surface area contributed by atoms with Crippen LogP contribution in [0.1, 0.15) is 5.56 Å². The summed E-state index contributed by atoms with van der Waals surface area (Å²) in [7, 11) is 0. The molecule has 0 saturated heterocycles. The summed E-state index contributed by atoms with van der Waals surface area (Å²) in [5.41, 5.74) is 2.07. The summed E-state index contributed by atoms with van der Waals surface area (Å²) in [6.07, 6.45) is 1.80. The lowest BCUT2D eigenvalue weighted by atomic mass is 10.2. The minimum atomic E-state index is -0.832. The lowest BCUT2D eigenvalue weighted by Crippen LogP contribution is -2.07. The number of hydrogen-bond acceptors (Lipinski definition) is 1. The molecule has 0 fully saturated rings. The molecule has 0 atom stereocenters. The zero-order valence-electron chi connectivity index (χ0n) is 8.20. The molecule has 0 amide bonds. The Hall–Kier alpha value is -1.29. The molecule has 0 aliphatic heterocycles. The summed E-state index contributed by atoms with van der Waals surface area (Å²) < 4.78 is 2.66. The van der Waals surface area contributed by atoms with Crippen LogP contribution in [0.15, 0.2) is 28.9 Å². The van der Waals surface area contributed by atoms with Gasteiger partial charge in [-0.2, -0.15) is 0 Å². The summed E-state index contributed by atoms with van der Waals surface area (Å²) in [5, 5.41) is 9.81. The average molecular weight is 268 g/mol. The second-order valence-electron chi connectivity index (χ2n) is 3.52. The molecule has 0 unspecified atom stereocenters. The molecule has 2 aromatic rings. The number of aliphatic carboxylic acids is 1. The minimum absolute atomic E-state index is 0.00838. The Bertz CT molecular complexity index is 531. The van der Waals surface area contributed by atoms with Gasteiger partial charge in [0, 0.05) is 21.6 Å². The van der Waals surface area contributed by atoms with Crippen molar-refractivity contribution in [3.63, 3.8) is 0 Å². The predicted molar refractivity (Wildman–Crippen MR) is 62.0 cm³/mol. The van der Waals surface area contributed by atoms with Crippen molar-refractivity contribution in [2.24, 2.45) is 0 Å². The normalized spacial score (nSPS) is 10.8. The Morgan fingerprint density at radius 2 is 2.27 bits per heavy atom. The van der Waals surface area contributed by atoms with Gasteiger partial charge in [-0.1, -0.05) is 12.1 Å². The fraction of sp³-hybridized carbons (Fsp3) is 0.182. The molecule has 4 heteroatoms. The third-order valence-corrected chi connectivity index (χ3v) is 2.93. The van der Waals surface area contributed by atoms with Crippen molar-refractivity contribution >= 4 is 32.8 Å². The molecule has 3 nitrogen and oxygen atoms in total. The van der Waals surface area contributed by atoms with Crippen LogP contribution in [0.2, 0.25) is 0 Å². The van der Waals surface area contributed by atoms with Crippen molar-refractivity contribution in [1.82, 2.24) is 4.57 Å². The van der Waals surface area contributed by atoms with Gasteiger partial charge in [-0.05, 0) is 34.5 Å². The van der Waals surface area contributed by atoms with Crippen LogP contribution < -0.4 is 0 Å². The van der Waals surface area contributed by atoms with Crippen molar-refractivity contribution in [1.29, 1.82) is 0 Å². The number of rotatable bonds is 2. The van der Waals surface area contributed by atoms with Crippen LogP contribution in [-0.2, 0) is 11.3 Å². The summed E-state index contributed by atoms with van der Waals surface area (Å²) in [6, 6.07) is 5.99. The van der Waals surface area contributed by atoms with E-state index in [0.717, 1.165) is 20.9 Å². The third kappa shape index (κ3) is 1.90. The smallest absolute Gasteiger partial charge is 0.323 e. The van der Waals surface area contributed by atoms with Gasteiger partial charge in [-0.25, -0.2) is 0 Å². The van der Waals surface area contributed by atoms with Crippen LogP contribution in [0.3, 0.4) is 0 Å². The van der Waals surface area contributed by atoms with Gasteiger partial charge < -0.3 is 9.67 Å². The highest BCUT2D eigenvalue weighted by molar-refractivity contribution is 9.10. The van der Waals surface area contributed by atoms with Gasteiger partial charge in [-0.15, -0.1) is 0 Å². The maximum absolute atomic E-state index is 10.7. The van der Waals surface area contributed by atoms with Crippen molar-refractivity contribution in [2.75, 3.05) is 0 Å². The van der Waals surface area contributed by atoms with E-state index in [1.54, 1.807) is 10.8 Å². The van der Waals surface area contributed by atoms with Gasteiger partial charge in [0.1, 0.15) is 6.54 Å². The molecule has 0 aliphatic carbocycles. The number of halogens is 1. The molecule has 1 heterocycles. The first-order valence-corrected chi connectivity index (χ1v) is 5.34. The van der Waals surface area contributed by atoms with E-state index in [-0.39, 0.29) is 6.54 Å². The number of carboxylic acids is 1. The van der Waals surface area contributed by atoms with E-state index in [1.165, 1.54) is 0 Å². The number of carboxylic acid groups (broad SMARTS) is 1.